The Hall–Kier alpha value is -2.08. The Morgan fingerprint density at radius 3 is 2.65 bits per heavy atom. The molecule has 20 heavy (non-hydrogen) atoms. The summed E-state index contributed by atoms with van der Waals surface area (Å²) >= 11 is 1.30. The third-order valence-corrected chi connectivity index (χ3v) is 4.35. The Bertz CT molecular complexity index is 653. The summed E-state index contributed by atoms with van der Waals surface area (Å²) in [4.78, 5) is 25.7. The number of nitrogens with zero attached hydrogens (tertiary/aromatic N) is 3. The molecule has 1 aromatic carbocycles. The van der Waals surface area contributed by atoms with Crippen molar-refractivity contribution in [3.8, 4) is 0 Å². The predicted molar refractivity (Wildman–Crippen MR) is 75.6 cm³/mol. The Balaban J connectivity index is 1.91. The molecule has 0 spiro atoms. The molecule has 0 saturated carbocycles. The van der Waals surface area contributed by atoms with Crippen LogP contribution >= 0.6 is 11.3 Å². The third kappa shape index (κ3) is 2.12. The van der Waals surface area contributed by atoms with E-state index in [0.717, 1.165) is 17.0 Å². The summed E-state index contributed by atoms with van der Waals surface area (Å²) in [7, 11) is 0. The molecular weight excluding hydrogens is 274 g/mol. The first kappa shape index (κ1) is 12.9. The van der Waals surface area contributed by atoms with E-state index in [1.165, 1.54) is 16.2 Å². The molecule has 1 aliphatic heterocycles. The molecular formula is C14H13N3O2S. The van der Waals surface area contributed by atoms with Crippen molar-refractivity contribution in [2.45, 2.75) is 25.7 Å². The highest BCUT2D eigenvalue weighted by Crippen LogP contribution is 2.34. The Kier molecular flexibility index (Phi) is 3.31. The number of rotatable bonds is 3. The second-order valence-electron chi connectivity index (χ2n) is 4.57. The van der Waals surface area contributed by atoms with Gasteiger partial charge in [0.15, 0.2) is 0 Å². The summed E-state index contributed by atoms with van der Waals surface area (Å²) in [5.74, 6) is -0.819. The van der Waals surface area contributed by atoms with Crippen LogP contribution < -0.4 is 4.90 Å². The van der Waals surface area contributed by atoms with E-state index in [1.54, 1.807) is 0 Å². The van der Waals surface area contributed by atoms with Gasteiger partial charge in [-0.25, -0.2) is 4.90 Å². The van der Waals surface area contributed by atoms with Crippen molar-refractivity contribution in [2.24, 2.45) is 0 Å². The summed E-state index contributed by atoms with van der Waals surface area (Å²) in [6, 6.07) is 9.38. The normalized spacial score (nSPS) is 18.9. The number of benzene rings is 1. The van der Waals surface area contributed by atoms with Gasteiger partial charge in [-0.3, -0.25) is 9.59 Å². The molecule has 1 aromatic heterocycles. The van der Waals surface area contributed by atoms with E-state index in [1.807, 2.05) is 37.3 Å². The summed E-state index contributed by atoms with van der Waals surface area (Å²) in [5.41, 5.74) is 0.869. The van der Waals surface area contributed by atoms with Crippen LogP contribution in [0.2, 0.25) is 0 Å². The zero-order valence-electron chi connectivity index (χ0n) is 10.9. The lowest BCUT2D eigenvalue weighted by Crippen LogP contribution is -2.29. The van der Waals surface area contributed by atoms with Crippen molar-refractivity contribution in [1.82, 2.24) is 10.2 Å². The molecule has 1 aliphatic rings. The summed E-state index contributed by atoms with van der Waals surface area (Å²) in [5, 5.41) is 9.13. The Labute approximate surface area is 120 Å². The quantitative estimate of drug-likeness (QED) is 0.811. The van der Waals surface area contributed by atoms with Crippen LogP contribution in [-0.2, 0) is 16.0 Å². The van der Waals surface area contributed by atoms with Gasteiger partial charge in [0.05, 0.1) is 5.92 Å². The monoisotopic (exact) mass is 287 g/mol. The van der Waals surface area contributed by atoms with Gasteiger partial charge in [-0.15, -0.1) is 10.2 Å². The second-order valence-corrected chi connectivity index (χ2v) is 5.61. The van der Waals surface area contributed by atoms with Crippen molar-refractivity contribution >= 4 is 28.3 Å². The van der Waals surface area contributed by atoms with E-state index >= 15 is 0 Å². The molecule has 2 heterocycles. The standard InChI is InChI=1S/C14H13N3O2S/c1-2-11-15-16-14(20-11)17-12(18)8-10(13(17)19)9-6-4-3-5-7-9/h3-7,10H,2,8H2,1H3. The van der Waals surface area contributed by atoms with Crippen molar-refractivity contribution in [3.05, 3.63) is 40.9 Å². The average molecular weight is 287 g/mol. The van der Waals surface area contributed by atoms with Crippen LogP contribution in [0.3, 0.4) is 0 Å². The van der Waals surface area contributed by atoms with Gasteiger partial charge in [0, 0.05) is 6.42 Å². The van der Waals surface area contributed by atoms with Crippen LogP contribution in [0.1, 0.15) is 29.8 Å². The fourth-order valence-electron chi connectivity index (χ4n) is 2.26. The zero-order valence-corrected chi connectivity index (χ0v) is 11.8. The first-order chi connectivity index (χ1) is 9.70. The highest BCUT2D eigenvalue weighted by atomic mass is 32.1. The van der Waals surface area contributed by atoms with E-state index < -0.39 is 5.92 Å². The van der Waals surface area contributed by atoms with Gasteiger partial charge in [0.25, 0.3) is 0 Å². The maximum absolute atomic E-state index is 12.5. The third-order valence-electron chi connectivity index (χ3n) is 3.30. The number of hydrogen-bond acceptors (Lipinski definition) is 5. The van der Waals surface area contributed by atoms with Crippen LogP contribution in [0, 0.1) is 0 Å². The van der Waals surface area contributed by atoms with Crippen molar-refractivity contribution in [2.75, 3.05) is 4.90 Å². The van der Waals surface area contributed by atoms with Gasteiger partial charge >= 0.3 is 0 Å². The van der Waals surface area contributed by atoms with E-state index in [0.29, 0.717) is 5.13 Å². The molecule has 0 bridgehead atoms. The van der Waals surface area contributed by atoms with Gasteiger partial charge in [-0.1, -0.05) is 48.6 Å². The molecule has 6 heteroatoms. The molecule has 2 aromatic rings. The van der Waals surface area contributed by atoms with Crippen molar-refractivity contribution in [3.63, 3.8) is 0 Å². The smallest absolute Gasteiger partial charge is 0.243 e. The molecule has 0 N–H and O–H groups in total. The number of aryl methyl sites for hydroxylation is 1. The minimum absolute atomic E-state index is 0.198. The highest BCUT2D eigenvalue weighted by Gasteiger charge is 2.41. The molecule has 2 amide bonds. The lowest BCUT2D eigenvalue weighted by Gasteiger charge is -2.10. The maximum Gasteiger partial charge on any atom is 0.243 e. The van der Waals surface area contributed by atoms with Crippen LogP contribution in [0.15, 0.2) is 30.3 Å². The number of hydrogen-bond donors (Lipinski definition) is 0. The first-order valence-corrected chi connectivity index (χ1v) is 7.26. The molecule has 0 radical (unpaired) electrons. The lowest BCUT2D eigenvalue weighted by molar-refractivity contribution is -0.121. The molecule has 1 fully saturated rings. The van der Waals surface area contributed by atoms with E-state index in [2.05, 4.69) is 10.2 Å². The van der Waals surface area contributed by atoms with Gasteiger partial charge in [0.1, 0.15) is 5.01 Å². The van der Waals surface area contributed by atoms with Gasteiger partial charge in [0.2, 0.25) is 16.9 Å². The molecule has 102 valence electrons. The number of aromatic nitrogens is 2. The summed E-state index contributed by atoms with van der Waals surface area (Å²) in [6.45, 7) is 1.96. The Morgan fingerprint density at radius 2 is 2.00 bits per heavy atom. The van der Waals surface area contributed by atoms with Crippen molar-refractivity contribution in [1.29, 1.82) is 0 Å². The highest BCUT2D eigenvalue weighted by molar-refractivity contribution is 7.15. The molecule has 0 aliphatic carbocycles. The Morgan fingerprint density at radius 1 is 1.25 bits per heavy atom. The number of anilines is 1. The first-order valence-electron chi connectivity index (χ1n) is 6.45. The topological polar surface area (TPSA) is 63.2 Å². The number of carbonyl (C=O) groups excluding carboxylic acids is 2. The minimum Gasteiger partial charge on any atom is -0.274 e. The fraction of sp³-hybridized carbons (Fsp3) is 0.286. The average Bonchev–Trinajstić information content (AvgIpc) is 3.04. The van der Waals surface area contributed by atoms with E-state index in [4.69, 9.17) is 0 Å². The van der Waals surface area contributed by atoms with Crippen LogP contribution in [0.25, 0.3) is 0 Å². The molecule has 1 unspecified atom stereocenters. The van der Waals surface area contributed by atoms with Crippen LogP contribution in [0.4, 0.5) is 5.13 Å². The fourth-order valence-corrected chi connectivity index (χ4v) is 3.06. The van der Waals surface area contributed by atoms with Crippen molar-refractivity contribution < 1.29 is 9.59 Å². The van der Waals surface area contributed by atoms with Gasteiger partial charge in [-0.05, 0) is 12.0 Å². The van der Waals surface area contributed by atoms with Crippen LogP contribution in [-0.4, -0.2) is 22.0 Å². The summed E-state index contributed by atoms with van der Waals surface area (Å²) < 4.78 is 0. The van der Waals surface area contributed by atoms with Gasteiger partial charge < -0.3 is 0 Å². The lowest BCUT2D eigenvalue weighted by atomic mass is 9.98. The molecule has 3 rings (SSSR count). The minimum atomic E-state index is -0.405. The molecule has 1 atom stereocenters. The van der Waals surface area contributed by atoms with E-state index in [-0.39, 0.29) is 18.2 Å². The predicted octanol–water partition coefficient (Wildman–Crippen LogP) is 2.15. The maximum atomic E-state index is 12.5. The van der Waals surface area contributed by atoms with Crippen LogP contribution in [0.5, 0.6) is 0 Å². The molecule has 5 nitrogen and oxygen atoms in total. The second kappa shape index (κ2) is 5.13. The number of imide groups is 1. The largest absolute Gasteiger partial charge is 0.274 e. The zero-order chi connectivity index (χ0) is 14.1. The summed E-state index contributed by atoms with van der Waals surface area (Å²) in [6.07, 6.45) is 0.944. The molecule has 1 saturated heterocycles. The van der Waals surface area contributed by atoms with E-state index in [9.17, 15) is 9.59 Å². The number of amides is 2. The van der Waals surface area contributed by atoms with Gasteiger partial charge in [-0.2, -0.15) is 0 Å². The number of carbonyl (C=O) groups is 2. The SMILES string of the molecule is CCc1nnc(N2C(=O)CC(c3ccccc3)C2=O)s1.